The number of alkyl carbamates (subject to hydrolysis) is 1. The van der Waals surface area contributed by atoms with Gasteiger partial charge >= 0.3 is 12.1 Å². The molecule has 92 valence electrons. The normalized spacial score (nSPS) is 22.0. The fourth-order valence-corrected chi connectivity index (χ4v) is 1.71. The molecule has 1 aliphatic heterocycles. The van der Waals surface area contributed by atoms with Gasteiger partial charge in [-0.3, -0.25) is 0 Å². The second-order valence-corrected chi connectivity index (χ2v) is 3.61. The SMILES string of the molecule is COC(=O)NC(C(=O)OC)[C@H]1CCCOC1. The minimum absolute atomic E-state index is 0.0553. The predicted octanol–water partition coefficient (Wildman–Crippen LogP) is 0.311. The molecule has 1 unspecified atom stereocenters. The van der Waals surface area contributed by atoms with Crippen molar-refractivity contribution in [3.8, 4) is 0 Å². The minimum Gasteiger partial charge on any atom is -0.467 e. The third kappa shape index (κ3) is 3.37. The molecule has 6 heteroatoms. The van der Waals surface area contributed by atoms with Crippen LogP contribution < -0.4 is 5.32 Å². The summed E-state index contributed by atoms with van der Waals surface area (Å²) < 4.78 is 14.4. The molecule has 1 heterocycles. The highest BCUT2D eigenvalue weighted by Crippen LogP contribution is 2.18. The number of methoxy groups -OCH3 is 2. The van der Waals surface area contributed by atoms with E-state index in [1.807, 2.05) is 0 Å². The second kappa shape index (κ2) is 6.32. The second-order valence-electron chi connectivity index (χ2n) is 3.61. The largest absolute Gasteiger partial charge is 0.467 e. The van der Waals surface area contributed by atoms with E-state index in [1.165, 1.54) is 14.2 Å². The number of hydrogen-bond acceptors (Lipinski definition) is 5. The standard InChI is InChI=1S/C10H17NO5/c1-14-9(12)8(11-10(13)15-2)7-4-3-5-16-6-7/h7-8H,3-6H2,1-2H3,(H,11,13)/t7-,8?/m0/s1. The van der Waals surface area contributed by atoms with Gasteiger partial charge in [-0.15, -0.1) is 0 Å². The van der Waals surface area contributed by atoms with E-state index in [4.69, 9.17) is 4.74 Å². The first kappa shape index (κ1) is 12.8. The van der Waals surface area contributed by atoms with Crippen molar-refractivity contribution in [3.05, 3.63) is 0 Å². The van der Waals surface area contributed by atoms with Crippen LogP contribution in [0.3, 0.4) is 0 Å². The molecule has 0 aromatic heterocycles. The number of esters is 1. The molecule has 0 saturated carbocycles. The predicted molar refractivity (Wildman–Crippen MR) is 54.9 cm³/mol. The molecule has 0 aliphatic carbocycles. The van der Waals surface area contributed by atoms with Gasteiger partial charge in [0.05, 0.1) is 20.8 Å². The summed E-state index contributed by atoms with van der Waals surface area (Å²) in [6, 6.07) is -0.697. The molecule has 0 spiro atoms. The topological polar surface area (TPSA) is 73.9 Å². The van der Waals surface area contributed by atoms with Crippen molar-refractivity contribution in [3.63, 3.8) is 0 Å². The number of hydrogen-bond donors (Lipinski definition) is 1. The van der Waals surface area contributed by atoms with Crippen LogP contribution in [0, 0.1) is 5.92 Å². The Balaban J connectivity index is 2.61. The Bertz CT molecular complexity index is 250. The van der Waals surface area contributed by atoms with E-state index in [1.54, 1.807) is 0 Å². The van der Waals surface area contributed by atoms with Crippen molar-refractivity contribution < 1.29 is 23.8 Å². The molecule has 6 nitrogen and oxygen atoms in total. The Morgan fingerprint density at radius 1 is 1.38 bits per heavy atom. The lowest BCUT2D eigenvalue weighted by Gasteiger charge is -2.28. The lowest BCUT2D eigenvalue weighted by molar-refractivity contribution is -0.146. The molecule has 2 atom stereocenters. The van der Waals surface area contributed by atoms with Crippen molar-refractivity contribution in [1.29, 1.82) is 0 Å². The highest BCUT2D eigenvalue weighted by molar-refractivity contribution is 5.81. The maximum absolute atomic E-state index is 11.5. The van der Waals surface area contributed by atoms with Crippen LogP contribution in [0.15, 0.2) is 0 Å². The van der Waals surface area contributed by atoms with Gasteiger partial charge in [0.2, 0.25) is 0 Å². The summed E-state index contributed by atoms with van der Waals surface area (Å²) in [6.07, 6.45) is 1.06. The van der Waals surface area contributed by atoms with E-state index in [2.05, 4.69) is 14.8 Å². The molecule has 0 aromatic rings. The van der Waals surface area contributed by atoms with Gasteiger partial charge < -0.3 is 19.5 Å². The van der Waals surface area contributed by atoms with Gasteiger partial charge in [-0.2, -0.15) is 0 Å². The van der Waals surface area contributed by atoms with Crippen LogP contribution in [0.2, 0.25) is 0 Å². The number of rotatable bonds is 3. The van der Waals surface area contributed by atoms with E-state index in [9.17, 15) is 9.59 Å². The Labute approximate surface area is 94.2 Å². The first-order chi connectivity index (χ1) is 7.69. The Morgan fingerprint density at radius 2 is 2.12 bits per heavy atom. The minimum atomic E-state index is -0.697. The van der Waals surface area contributed by atoms with Crippen LogP contribution in [0.25, 0.3) is 0 Å². The summed E-state index contributed by atoms with van der Waals surface area (Å²) in [4.78, 5) is 22.6. The highest BCUT2D eigenvalue weighted by Gasteiger charge is 2.32. The number of amides is 1. The summed E-state index contributed by atoms with van der Waals surface area (Å²) in [5, 5.41) is 2.47. The van der Waals surface area contributed by atoms with Gasteiger partial charge in [-0.1, -0.05) is 0 Å². The van der Waals surface area contributed by atoms with Gasteiger partial charge in [-0.25, -0.2) is 9.59 Å². The smallest absolute Gasteiger partial charge is 0.407 e. The zero-order chi connectivity index (χ0) is 12.0. The van der Waals surface area contributed by atoms with Crippen LogP contribution in [0.5, 0.6) is 0 Å². The molecule has 1 N–H and O–H groups in total. The Kier molecular flexibility index (Phi) is 5.04. The van der Waals surface area contributed by atoms with Gasteiger partial charge in [0, 0.05) is 12.5 Å². The summed E-state index contributed by atoms with van der Waals surface area (Å²) in [5.41, 5.74) is 0. The zero-order valence-electron chi connectivity index (χ0n) is 9.52. The summed E-state index contributed by atoms with van der Waals surface area (Å²) in [7, 11) is 2.54. The maximum Gasteiger partial charge on any atom is 0.407 e. The maximum atomic E-state index is 11.5. The van der Waals surface area contributed by atoms with Crippen LogP contribution >= 0.6 is 0 Å². The first-order valence-electron chi connectivity index (χ1n) is 5.19. The van der Waals surface area contributed by atoms with E-state index < -0.39 is 18.1 Å². The Hall–Kier alpha value is -1.30. The van der Waals surface area contributed by atoms with Crippen LogP contribution in [-0.2, 0) is 19.0 Å². The van der Waals surface area contributed by atoms with Crippen molar-refractivity contribution in [2.45, 2.75) is 18.9 Å². The number of carbonyl (C=O) groups is 2. The first-order valence-corrected chi connectivity index (χ1v) is 5.19. The molecule has 1 saturated heterocycles. The zero-order valence-corrected chi connectivity index (χ0v) is 9.52. The molecule has 0 bridgehead atoms. The molecule has 1 fully saturated rings. The lowest BCUT2D eigenvalue weighted by Crippen LogP contribution is -2.48. The van der Waals surface area contributed by atoms with Crippen molar-refractivity contribution in [2.75, 3.05) is 27.4 Å². The fraction of sp³-hybridized carbons (Fsp3) is 0.800. The van der Waals surface area contributed by atoms with Gasteiger partial charge in [-0.05, 0) is 12.8 Å². The molecule has 0 radical (unpaired) electrons. The molecule has 1 aliphatic rings. The van der Waals surface area contributed by atoms with Crippen LogP contribution in [-0.4, -0.2) is 45.5 Å². The van der Waals surface area contributed by atoms with Gasteiger partial charge in [0.25, 0.3) is 0 Å². The number of carbonyl (C=O) groups excluding carboxylic acids is 2. The third-order valence-corrected chi connectivity index (χ3v) is 2.58. The quantitative estimate of drug-likeness (QED) is 0.708. The van der Waals surface area contributed by atoms with Crippen LogP contribution in [0.1, 0.15) is 12.8 Å². The van der Waals surface area contributed by atoms with Crippen LogP contribution in [0.4, 0.5) is 4.79 Å². The average molecular weight is 231 g/mol. The van der Waals surface area contributed by atoms with Gasteiger partial charge in [0.15, 0.2) is 0 Å². The molecule has 1 amide bonds. The van der Waals surface area contributed by atoms with E-state index in [-0.39, 0.29) is 5.92 Å². The molecule has 16 heavy (non-hydrogen) atoms. The number of ether oxygens (including phenoxy) is 3. The average Bonchev–Trinajstić information content (AvgIpc) is 2.35. The van der Waals surface area contributed by atoms with E-state index >= 15 is 0 Å². The molecule has 0 aromatic carbocycles. The summed E-state index contributed by atoms with van der Waals surface area (Å²) in [6.45, 7) is 1.15. The molecular formula is C10H17NO5. The van der Waals surface area contributed by atoms with Crippen molar-refractivity contribution in [2.24, 2.45) is 5.92 Å². The molecule has 1 rings (SSSR count). The van der Waals surface area contributed by atoms with E-state index in [0.29, 0.717) is 13.2 Å². The van der Waals surface area contributed by atoms with E-state index in [0.717, 1.165) is 12.8 Å². The lowest BCUT2D eigenvalue weighted by atomic mass is 9.94. The Morgan fingerprint density at radius 3 is 2.62 bits per heavy atom. The third-order valence-electron chi connectivity index (χ3n) is 2.58. The number of nitrogens with one attached hydrogen (secondary N) is 1. The fourth-order valence-electron chi connectivity index (χ4n) is 1.71. The highest BCUT2D eigenvalue weighted by atomic mass is 16.5. The summed E-state index contributed by atoms with van der Waals surface area (Å²) >= 11 is 0. The van der Waals surface area contributed by atoms with Gasteiger partial charge in [0.1, 0.15) is 6.04 Å². The molecular weight excluding hydrogens is 214 g/mol. The monoisotopic (exact) mass is 231 g/mol. The summed E-state index contributed by atoms with van der Waals surface area (Å²) in [5.74, 6) is -0.527. The van der Waals surface area contributed by atoms with Crippen molar-refractivity contribution >= 4 is 12.1 Å². The van der Waals surface area contributed by atoms with Crippen molar-refractivity contribution in [1.82, 2.24) is 5.32 Å².